The summed E-state index contributed by atoms with van der Waals surface area (Å²) in [4.78, 5) is 0. The van der Waals surface area contributed by atoms with Crippen LogP contribution in [0.5, 0.6) is 0 Å². The summed E-state index contributed by atoms with van der Waals surface area (Å²) in [5.41, 5.74) is 0. The minimum atomic E-state index is -5.28. The van der Waals surface area contributed by atoms with E-state index in [9.17, 15) is 25.3 Å². The molecule has 0 aromatic rings. The van der Waals surface area contributed by atoms with Gasteiger partial charge in [0.25, 0.3) is 0 Å². The number of aliphatic hydroxyl groups is 1. The Bertz CT molecular complexity index is 706. The third-order valence-corrected chi connectivity index (χ3v) is 3.84. The average molecular weight is 404 g/mol. The zero-order valence-corrected chi connectivity index (χ0v) is 13.3. The predicted molar refractivity (Wildman–Crippen MR) is 66.1 cm³/mol. The molecule has 1 aliphatic rings. The van der Waals surface area contributed by atoms with Gasteiger partial charge in [0.05, 0.1) is 13.2 Å². The third-order valence-electron chi connectivity index (χ3n) is 2.42. The summed E-state index contributed by atoms with van der Waals surface area (Å²) in [7, 11) is -15.7. The SMILES string of the molecule is O=S(=O)(O)OC1CO[C@@H](CO)C(OS(=O)(=O)O)C1OS(=O)(=O)O. The minimum absolute atomic E-state index is 0.809. The Morgan fingerprint density at radius 3 is 1.65 bits per heavy atom. The predicted octanol–water partition coefficient (Wildman–Crippen LogP) is -3.06. The van der Waals surface area contributed by atoms with Crippen molar-refractivity contribution in [2.24, 2.45) is 0 Å². The quantitative estimate of drug-likeness (QED) is 0.309. The molecule has 0 saturated carbocycles. The van der Waals surface area contributed by atoms with Crippen molar-refractivity contribution >= 4 is 31.2 Å². The molecule has 0 bridgehead atoms. The molecule has 1 aliphatic heterocycles. The summed E-state index contributed by atoms with van der Waals surface area (Å²) in [5.74, 6) is 0. The second kappa shape index (κ2) is 7.19. The van der Waals surface area contributed by atoms with Crippen LogP contribution in [0.3, 0.4) is 0 Å². The first kappa shape index (κ1) is 20.6. The molecule has 14 nitrogen and oxygen atoms in total. The van der Waals surface area contributed by atoms with Crippen LogP contribution < -0.4 is 0 Å². The standard InChI is InChI=1S/C6H12O14S3/c7-1-3-5(19-22(11,12)13)6(20-23(14,15)16)4(2-17-3)18-21(8,9)10/h3-7H,1-2H2,(H,8,9,10)(H,11,12,13)(H,14,15,16)/t3-,4?,5?,6?/m0/s1. The number of aliphatic hydroxyl groups excluding tert-OH is 1. The van der Waals surface area contributed by atoms with Gasteiger partial charge in [0.15, 0.2) is 0 Å². The lowest BCUT2D eigenvalue weighted by atomic mass is 10.0. The Morgan fingerprint density at radius 1 is 0.826 bits per heavy atom. The van der Waals surface area contributed by atoms with Gasteiger partial charge in [-0.3, -0.25) is 13.7 Å². The van der Waals surface area contributed by atoms with Gasteiger partial charge in [0.1, 0.15) is 24.4 Å². The Kier molecular flexibility index (Phi) is 6.43. The maximum absolute atomic E-state index is 10.8. The molecule has 4 atom stereocenters. The Balaban J connectivity index is 3.23. The largest absolute Gasteiger partial charge is 0.397 e. The normalized spacial score (nSPS) is 30.3. The van der Waals surface area contributed by atoms with Gasteiger partial charge in [-0.15, -0.1) is 0 Å². The Hall–Kier alpha value is -0.470. The summed E-state index contributed by atoms with van der Waals surface area (Å²) in [6.45, 7) is -1.78. The lowest BCUT2D eigenvalue weighted by Gasteiger charge is -2.38. The average Bonchev–Trinajstić information content (AvgIpc) is 2.28. The molecule has 1 heterocycles. The second-order valence-electron chi connectivity index (χ2n) is 4.09. The van der Waals surface area contributed by atoms with Crippen molar-refractivity contribution in [3.8, 4) is 0 Å². The molecule has 0 aliphatic carbocycles. The van der Waals surface area contributed by atoms with Gasteiger partial charge in [0.2, 0.25) is 0 Å². The van der Waals surface area contributed by atoms with E-state index in [1.54, 1.807) is 0 Å². The van der Waals surface area contributed by atoms with Gasteiger partial charge >= 0.3 is 31.2 Å². The van der Waals surface area contributed by atoms with E-state index in [0.717, 1.165) is 0 Å². The lowest BCUT2D eigenvalue weighted by molar-refractivity contribution is -0.173. The van der Waals surface area contributed by atoms with Crippen LogP contribution in [0, 0.1) is 0 Å². The van der Waals surface area contributed by atoms with Crippen LogP contribution in [0.25, 0.3) is 0 Å². The third kappa shape index (κ3) is 7.30. The van der Waals surface area contributed by atoms with Gasteiger partial charge in [-0.2, -0.15) is 25.3 Å². The molecule has 0 aromatic carbocycles. The maximum atomic E-state index is 10.8. The summed E-state index contributed by atoms with van der Waals surface area (Å²) >= 11 is 0. The highest BCUT2D eigenvalue weighted by molar-refractivity contribution is 7.81. The van der Waals surface area contributed by atoms with E-state index in [2.05, 4.69) is 12.5 Å². The molecule has 138 valence electrons. The van der Waals surface area contributed by atoms with Crippen molar-refractivity contribution in [2.75, 3.05) is 13.2 Å². The van der Waals surface area contributed by atoms with E-state index < -0.39 is 68.8 Å². The van der Waals surface area contributed by atoms with E-state index in [4.69, 9.17) is 23.5 Å². The van der Waals surface area contributed by atoms with E-state index in [0.29, 0.717) is 0 Å². The van der Waals surface area contributed by atoms with Crippen LogP contribution in [0.2, 0.25) is 0 Å². The molecule has 1 rings (SSSR count). The summed E-state index contributed by atoms with van der Waals surface area (Å²) in [6, 6.07) is 0. The van der Waals surface area contributed by atoms with Crippen molar-refractivity contribution in [1.29, 1.82) is 0 Å². The van der Waals surface area contributed by atoms with Gasteiger partial charge in [-0.25, -0.2) is 12.5 Å². The molecule has 4 N–H and O–H groups in total. The van der Waals surface area contributed by atoms with Crippen LogP contribution in [0.4, 0.5) is 0 Å². The van der Waals surface area contributed by atoms with Crippen LogP contribution in [0.1, 0.15) is 0 Å². The van der Waals surface area contributed by atoms with Crippen molar-refractivity contribution < 1.29 is 61.3 Å². The minimum Gasteiger partial charge on any atom is -0.394 e. The Labute approximate surface area is 130 Å². The van der Waals surface area contributed by atoms with Gasteiger partial charge in [-0.05, 0) is 0 Å². The smallest absolute Gasteiger partial charge is 0.394 e. The number of hydrogen-bond donors (Lipinski definition) is 4. The highest BCUT2D eigenvalue weighted by Crippen LogP contribution is 2.26. The lowest BCUT2D eigenvalue weighted by Crippen LogP contribution is -2.58. The molecular weight excluding hydrogens is 392 g/mol. The number of ether oxygens (including phenoxy) is 1. The van der Waals surface area contributed by atoms with Crippen LogP contribution in [0.15, 0.2) is 0 Å². The highest BCUT2D eigenvalue weighted by Gasteiger charge is 2.48. The molecule has 17 heteroatoms. The monoisotopic (exact) mass is 404 g/mol. The molecular formula is C6H12O14S3. The van der Waals surface area contributed by atoms with E-state index in [-0.39, 0.29) is 0 Å². The zero-order valence-electron chi connectivity index (χ0n) is 10.8. The summed E-state index contributed by atoms with van der Waals surface area (Å²) in [5, 5.41) is 9.04. The fourth-order valence-electron chi connectivity index (χ4n) is 1.74. The molecule has 0 spiro atoms. The van der Waals surface area contributed by atoms with E-state index in [1.807, 2.05) is 0 Å². The Morgan fingerprint density at radius 2 is 1.26 bits per heavy atom. The van der Waals surface area contributed by atoms with E-state index in [1.165, 1.54) is 0 Å². The molecule has 0 radical (unpaired) electrons. The zero-order chi connectivity index (χ0) is 18.1. The summed E-state index contributed by atoms with van der Waals surface area (Å²) < 4.78 is 107. The first-order chi connectivity index (χ1) is 10.2. The molecule has 3 unspecified atom stereocenters. The maximum Gasteiger partial charge on any atom is 0.397 e. The van der Waals surface area contributed by atoms with Crippen molar-refractivity contribution in [1.82, 2.24) is 0 Å². The highest BCUT2D eigenvalue weighted by atomic mass is 32.3. The van der Waals surface area contributed by atoms with Gasteiger partial charge in [0, 0.05) is 0 Å². The first-order valence-corrected chi connectivity index (χ1v) is 9.51. The van der Waals surface area contributed by atoms with E-state index >= 15 is 0 Å². The van der Waals surface area contributed by atoms with Gasteiger partial charge in [-0.1, -0.05) is 0 Å². The topological polar surface area (TPSA) is 220 Å². The first-order valence-electron chi connectivity index (χ1n) is 5.41. The fraction of sp³-hybridized carbons (Fsp3) is 1.00. The molecule has 1 fully saturated rings. The number of hydrogen-bond acceptors (Lipinski definition) is 11. The van der Waals surface area contributed by atoms with Crippen LogP contribution in [-0.2, 0) is 48.5 Å². The molecule has 0 amide bonds. The molecule has 23 heavy (non-hydrogen) atoms. The fourth-order valence-corrected chi connectivity index (χ4v) is 3.25. The number of rotatable bonds is 7. The van der Waals surface area contributed by atoms with Gasteiger partial charge < -0.3 is 9.84 Å². The van der Waals surface area contributed by atoms with Crippen LogP contribution >= 0.6 is 0 Å². The second-order valence-corrected chi connectivity index (χ2v) is 7.24. The summed E-state index contributed by atoms with van der Waals surface area (Å²) in [6.07, 6.45) is -7.97. The van der Waals surface area contributed by atoms with Crippen LogP contribution in [-0.4, -0.2) is 81.6 Å². The van der Waals surface area contributed by atoms with Crippen molar-refractivity contribution in [3.63, 3.8) is 0 Å². The van der Waals surface area contributed by atoms with Crippen molar-refractivity contribution in [3.05, 3.63) is 0 Å². The molecule has 1 saturated heterocycles. The molecule has 0 aromatic heterocycles. The van der Waals surface area contributed by atoms with Crippen molar-refractivity contribution in [2.45, 2.75) is 24.4 Å².